The lowest BCUT2D eigenvalue weighted by Crippen LogP contribution is -2.22. The standard InChI is InChI=1S/C41H32N4/c1-4-14-30(15-5-1)24-29-35-36-20-10-12-22-38(36)44(39-23-13-11-21-37(35)39)34-27-25-32(26-28-34)41-43-42-40(31-16-6-2-7-17-31)45(41)33-18-8-3-9-19-33/h1-23,25-28,35H,24,29H2. The normalized spacial score (nSPS) is 12.5. The molecule has 6 aromatic carbocycles. The van der Waals surface area contributed by atoms with Gasteiger partial charge in [-0.15, -0.1) is 10.2 Å². The highest BCUT2D eigenvalue weighted by atomic mass is 15.3. The van der Waals surface area contributed by atoms with Crippen molar-refractivity contribution in [3.05, 3.63) is 180 Å². The molecule has 8 rings (SSSR count). The predicted octanol–water partition coefficient (Wildman–Crippen LogP) is 10.1. The Bertz CT molecular complexity index is 2000. The quantitative estimate of drug-likeness (QED) is 0.188. The Morgan fingerprint density at radius 3 is 1.53 bits per heavy atom. The topological polar surface area (TPSA) is 34.0 Å². The average Bonchev–Trinajstić information content (AvgIpc) is 3.57. The fourth-order valence-corrected chi connectivity index (χ4v) is 6.64. The lowest BCUT2D eigenvalue weighted by Gasteiger charge is -2.38. The van der Waals surface area contributed by atoms with Crippen LogP contribution in [0.3, 0.4) is 0 Å². The van der Waals surface area contributed by atoms with Crippen LogP contribution in [-0.2, 0) is 6.42 Å². The maximum Gasteiger partial charge on any atom is 0.168 e. The summed E-state index contributed by atoms with van der Waals surface area (Å²) in [5.41, 5.74) is 10.8. The molecule has 0 spiro atoms. The van der Waals surface area contributed by atoms with Crippen molar-refractivity contribution in [2.75, 3.05) is 4.90 Å². The lowest BCUT2D eigenvalue weighted by atomic mass is 9.81. The molecule has 0 amide bonds. The van der Waals surface area contributed by atoms with Gasteiger partial charge in [0.1, 0.15) is 0 Å². The first-order chi connectivity index (χ1) is 22.3. The number of nitrogens with zero attached hydrogens (tertiary/aromatic N) is 4. The zero-order chi connectivity index (χ0) is 30.0. The van der Waals surface area contributed by atoms with Gasteiger partial charge < -0.3 is 4.90 Å². The third-order valence-electron chi connectivity index (χ3n) is 8.76. The summed E-state index contributed by atoms with van der Waals surface area (Å²) in [5, 5.41) is 9.37. The van der Waals surface area contributed by atoms with Gasteiger partial charge >= 0.3 is 0 Å². The van der Waals surface area contributed by atoms with Crippen molar-refractivity contribution in [2.45, 2.75) is 18.8 Å². The van der Waals surface area contributed by atoms with Crippen LogP contribution in [-0.4, -0.2) is 14.8 Å². The number of aryl methyl sites for hydroxylation is 1. The molecule has 2 heterocycles. The lowest BCUT2D eigenvalue weighted by molar-refractivity contribution is 0.707. The second-order valence-electron chi connectivity index (χ2n) is 11.5. The van der Waals surface area contributed by atoms with Crippen LogP contribution in [0.2, 0.25) is 0 Å². The molecule has 0 unspecified atom stereocenters. The van der Waals surface area contributed by atoms with Crippen LogP contribution in [0.15, 0.2) is 164 Å². The smallest absolute Gasteiger partial charge is 0.168 e. The maximum absolute atomic E-state index is 4.71. The molecule has 45 heavy (non-hydrogen) atoms. The van der Waals surface area contributed by atoms with Crippen molar-refractivity contribution in [3.8, 4) is 28.5 Å². The molecule has 4 heteroatoms. The first-order valence-corrected chi connectivity index (χ1v) is 15.5. The second kappa shape index (κ2) is 11.7. The van der Waals surface area contributed by atoms with Crippen LogP contribution >= 0.6 is 0 Å². The molecule has 1 aliphatic heterocycles. The van der Waals surface area contributed by atoms with Crippen molar-refractivity contribution in [1.29, 1.82) is 0 Å². The molecule has 0 aliphatic carbocycles. The largest absolute Gasteiger partial charge is 0.310 e. The van der Waals surface area contributed by atoms with Gasteiger partial charge in [0.2, 0.25) is 0 Å². The number of benzene rings is 6. The monoisotopic (exact) mass is 580 g/mol. The zero-order valence-electron chi connectivity index (χ0n) is 24.9. The summed E-state index contributed by atoms with van der Waals surface area (Å²) in [4.78, 5) is 2.41. The van der Waals surface area contributed by atoms with E-state index in [2.05, 4.69) is 154 Å². The second-order valence-corrected chi connectivity index (χ2v) is 11.5. The fraction of sp³-hybridized carbons (Fsp3) is 0.0732. The summed E-state index contributed by atoms with van der Waals surface area (Å²) in [6.07, 6.45) is 2.10. The van der Waals surface area contributed by atoms with E-state index in [1.165, 1.54) is 28.1 Å². The summed E-state index contributed by atoms with van der Waals surface area (Å²) in [7, 11) is 0. The zero-order valence-corrected chi connectivity index (χ0v) is 24.9. The first-order valence-electron chi connectivity index (χ1n) is 15.5. The van der Waals surface area contributed by atoms with E-state index in [-0.39, 0.29) is 0 Å². The minimum atomic E-state index is 0.328. The highest BCUT2D eigenvalue weighted by molar-refractivity contribution is 5.85. The number of anilines is 3. The summed E-state index contributed by atoms with van der Waals surface area (Å²) in [6.45, 7) is 0. The van der Waals surface area contributed by atoms with Gasteiger partial charge in [-0.05, 0) is 78.1 Å². The van der Waals surface area contributed by atoms with E-state index in [9.17, 15) is 0 Å². The van der Waals surface area contributed by atoms with E-state index in [1.807, 2.05) is 24.3 Å². The molecule has 0 N–H and O–H groups in total. The van der Waals surface area contributed by atoms with Crippen LogP contribution in [0.5, 0.6) is 0 Å². The third kappa shape index (κ3) is 5.00. The molecule has 7 aromatic rings. The average molecular weight is 581 g/mol. The molecule has 0 saturated carbocycles. The van der Waals surface area contributed by atoms with Gasteiger partial charge in [-0.25, -0.2) is 0 Å². The van der Waals surface area contributed by atoms with Gasteiger partial charge in [-0.1, -0.05) is 115 Å². The van der Waals surface area contributed by atoms with Gasteiger partial charge in [-0.2, -0.15) is 0 Å². The Labute approximate surface area is 263 Å². The predicted molar refractivity (Wildman–Crippen MR) is 184 cm³/mol. The maximum atomic E-state index is 4.71. The van der Waals surface area contributed by atoms with E-state index >= 15 is 0 Å². The van der Waals surface area contributed by atoms with Crippen LogP contribution < -0.4 is 4.90 Å². The van der Waals surface area contributed by atoms with Crippen molar-refractivity contribution >= 4 is 17.1 Å². The molecular weight excluding hydrogens is 548 g/mol. The summed E-state index contributed by atoms with van der Waals surface area (Å²) in [5.74, 6) is 1.96. The molecule has 1 aliphatic rings. The van der Waals surface area contributed by atoms with Gasteiger partial charge in [0.05, 0.1) is 0 Å². The van der Waals surface area contributed by atoms with E-state index in [0.717, 1.165) is 47.0 Å². The van der Waals surface area contributed by atoms with Gasteiger partial charge in [-0.3, -0.25) is 4.57 Å². The van der Waals surface area contributed by atoms with E-state index in [1.54, 1.807) is 0 Å². The molecule has 1 aromatic heterocycles. The summed E-state index contributed by atoms with van der Waals surface area (Å²) < 4.78 is 2.15. The number of hydrogen-bond donors (Lipinski definition) is 0. The minimum Gasteiger partial charge on any atom is -0.310 e. The van der Waals surface area contributed by atoms with E-state index < -0.39 is 0 Å². The fourth-order valence-electron chi connectivity index (χ4n) is 6.64. The summed E-state index contributed by atoms with van der Waals surface area (Å²) >= 11 is 0. The van der Waals surface area contributed by atoms with Crippen LogP contribution in [0.25, 0.3) is 28.5 Å². The first kappa shape index (κ1) is 26.9. The van der Waals surface area contributed by atoms with Gasteiger partial charge in [0.15, 0.2) is 11.6 Å². The van der Waals surface area contributed by atoms with Crippen LogP contribution in [0, 0.1) is 0 Å². The third-order valence-corrected chi connectivity index (χ3v) is 8.76. The Morgan fingerprint density at radius 1 is 0.444 bits per heavy atom. The number of aromatic nitrogens is 3. The Morgan fingerprint density at radius 2 is 0.933 bits per heavy atom. The number of para-hydroxylation sites is 3. The van der Waals surface area contributed by atoms with E-state index in [0.29, 0.717) is 5.92 Å². The van der Waals surface area contributed by atoms with Crippen molar-refractivity contribution in [3.63, 3.8) is 0 Å². The highest BCUT2D eigenvalue weighted by Gasteiger charge is 2.31. The number of rotatable bonds is 7. The van der Waals surface area contributed by atoms with Crippen molar-refractivity contribution < 1.29 is 0 Å². The van der Waals surface area contributed by atoms with Crippen molar-refractivity contribution in [2.24, 2.45) is 0 Å². The highest BCUT2D eigenvalue weighted by Crippen LogP contribution is 2.50. The minimum absolute atomic E-state index is 0.328. The Kier molecular flexibility index (Phi) is 7.01. The summed E-state index contributed by atoms with van der Waals surface area (Å²) in [6, 6.07) is 57.9. The molecule has 0 bridgehead atoms. The number of fused-ring (bicyclic) bond motifs is 2. The van der Waals surface area contributed by atoms with Gasteiger partial charge in [0, 0.05) is 39.8 Å². The molecule has 0 radical (unpaired) electrons. The molecule has 216 valence electrons. The van der Waals surface area contributed by atoms with Crippen molar-refractivity contribution in [1.82, 2.24) is 14.8 Å². The Hall–Kier alpha value is -5.74. The van der Waals surface area contributed by atoms with Gasteiger partial charge in [0.25, 0.3) is 0 Å². The Balaban J connectivity index is 1.18. The molecule has 0 saturated heterocycles. The molecule has 0 atom stereocenters. The van der Waals surface area contributed by atoms with E-state index in [4.69, 9.17) is 5.10 Å². The molecule has 0 fully saturated rings. The van der Waals surface area contributed by atoms with Crippen LogP contribution in [0.4, 0.5) is 17.1 Å². The number of hydrogen-bond acceptors (Lipinski definition) is 3. The van der Waals surface area contributed by atoms with Crippen LogP contribution in [0.1, 0.15) is 29.0 Å². The SMILES string of the molecule is c1ccc(CCC2c3ccccc3N(c3ccc(-c4nnc(-c5ccccc5)n4-c4ccccc4)cc3)c3ccccc32)cc1. The molecule has 4 nitrogen and oxygen atoms in total. The molecular formula is C41H32N4.